The summed E-state index contributed by atoms with van der Waals surface area (Å²) in [4.78, 5) is 12.1. The number of rotatable bonds is 9. The molecule has 0 fully saturated rings. The molecule has 0 heterocycles. The lowest BCUT2D eigenvalue weighted by molar-refractivity contribution is -0.115. The van der Waals surface area contributed by atoms with Gasteiger partial charge in [-0.1, -0.05) is 36.4 Å². The van der Waals surface area contributed by atoms with E-state index in [1.165, 1.54) is 6.08 Å². The fraction of sp³-hybridized carbons (Fsp3) is 0.120. The number of carbonyl (C=O) groups excluding carboxylic acids is 1. The Balaban J connectivity index is 1.41. The predicted octanol–water partition coefficient (Wildman–Crippen LogP) is 4.68. The van der Waals surface area contributed by atoms with Crippen molar-refractivity contribution in [3.63, 3.8) is 0 Å². The van der Waals surface area contributed by atoms with Gasteiger partial charge in [0.2, 0.25) is 5.91 Å². The van der Waals surface area contributed by atoms with Gasteiger partial charge < -0.3 is 19.5 Å². The molecular formula is C25H24N2O4S. The van der Waals surface area contributed by atoms with Crippen LogP contribution in [0.15, 0.2) is 84.9 Å². The molecule has 0 atom stereocenters. The average molecular weight is 449 g/mol. The second-order valence-corrected chi connectivity index (χ2v) is 6.96. The third kappa shape index (κ3) is 7.45. The van der Waals surface area contributed by atoms with Crippen LogP contribution in [0.1, 0.15) is 5.56 Å². The molecule has 1 amide bonds. The zero-order valence-electron chi connectivity index (χ0n) is 17.6. The summed E-state index contributed by atoms with van der Waals surface area (Å²) < 4.78 is 16.5. The lowest BCUT2D eigenvalue weighted by Gasteiger charge is -2.10. The van der Waals surface area contributed by atoms with Gasteiger partial charge in [-0.25, -0.2) is 0 Å². The molecule has 0 aromatic heterocycles. The Morgan fingerprint density at radius 1 is 0.875 bits per heavy atom. The molecule has 3 rings (SSSR count). The third-order valence-corrected chi connectivity index (χ3v) is 4.47. The van der Waals surface area contributed by atoms with E-state index in [1.54, 1.807) is 13.2 Å². The van der Waals surface area contributed by atoms with Crippen LogP contribution in [0.25, 0.3) is 6.08 Å². The lowest BCUT2D eigenvalue weighted by Crippen LogP contribution is -2.32. The molecule has 0 bridgehead atoms. The zero-order chi connectivity index (χ0) is 22.6. The zero-order valence-corrected chi connectivity index (χ0v) is 18.4. The fourth-order valence-electron chi connectivity index (χ4n) is 2.76. The Morgan fingerprint density at radius 2 is 1.50 bits per heavy atom. The number of methoxy groups -OCH3 is 1. The minimum atomic E-state index is -0.341. The van der Waals surface area contributed by atoms with Crippen molar-refractivity contribution < 1.29 is 19.0 Å². The molecule has 0 saturated carbocycles. The summed E-state index contributed by atoms with van der Waals surface area (Å²) in [7, 11) is 1.58. The van der Waals surface area contributed by atoms with Crippen LogP contribution in [0.5, 0.6) is 17.2 Å². The number of hydrogen-bond acceptors (Lipinski definition) is 5. The van der Waals surface area contributed by atoms with Crippen LogP contribution in [-0.4, -0.2) is 31.3 Å². The van der Waals surface area contributed by atoms with Gasteiger partial charge >= 0.3 is 0 Å². The van der Waals surface area contributed by atoms with Crippen LogP contribution in [0, 0.1) is 0 Å². The Morgan fingerprint density at radius 3 is 2.19 bits per heavy atom. The highest BCUT2D eigenvalue weighted by molar-refractivity contribution is 7.80. The second kappa shape index (κ2) is 12.1. The summed E-state index contributed by atoms with van der Waals surface area (Å²) >= 11 is 5.21. The molecule has 2 N–H and O–H groups in total. The maximum atomic E-state index is 12.1. The fourth-order valence-corrected chi connectivity index (χ4v) is 2.97. The molecule has 0 unspecified atom stereocenters. The Kier molecular flexibility index (Phi) is 8.65. The normalized spacial score (nSPS) is 10.4. The standard InChI is InChI=1S/C25H24N2O4S/c1-29-23-10-6-5-7-19(23)11-16-24(28)27-25(32)26-20-12-14-22(15-13-20)31-18-17-30-21-8-3-2-4-9-21/h2-16H,17-18H2,1H3,(H2,26,27,28,32). The molecule has 6 nitrogen and oxygen atoms in total. The highest BCUT2D eigenvalue weighted by Crippen LogP contribution is 2.18. The van der Waals surface area contributed by atoms with E-state index in [4.69, 9.17) is 26.4 Å². The van der Waals surface area contributed by atoms with Gasteiger partial charge in [-0.15, -0.1) is 0 Å². The van der Waals surface area contributed by atoms with Gasteiger partial charge in [-0.3, -0.25) is 10.1 Å². The number of para-hydroxylation sites is 2. The van der Waals surface area contributed by atoms with E-state index in [0.29, 0.717) is 24.7 Å². The van der Waals surface area contributed by atoms with Gasteiger partial charge in [0.15, 0.2) is 5.11 Å². The molecule has 0 aliphatic rings. The van der Waals surface area contributed by atoms with E-state index in [1.807, 2.05) is 78.9 Å². The molecule has 32 heavy (non-hydrogen) atoms. The van der Waals surface area contributed by atoms with Crippen LogP contribution in [0.2, 0.25) is 0 Å². The highest BCUT2D eigenvalue weighted by Gasteiger charge is 2.04. The van der Waals surface area contributed by atoms with E-state index < -0.39 is 0 Å². The summed E-state index contributed by atoms with van der Waals surface area (Å²) in [6, 6.07) is 24.3. The monoisotopic (exact) mass is 448 g/mol. The number of carbonyl (C=O) groups is 1. The minimum Gasteiger partial charge on any atom is -0.496 e. The molecule has 0 radical (unpaired) electrons. The summed E-state index contributed by atoms with van der Waals surface area (Å²) in [5.41, 5.74) is 1.53. The Bertz CT molecular complexity index is 1050. The van der Waals surface area contributed by atoms with Crippen molar-refractivity contribution in [2.24, 2.45) is 0 Å². The molecule has 0 spiro atoms. The molecule has 164 valence electrons. The van der Waals surface area contributed by atoms with Crippen LogP contribution >= 0.6 is 12.2 Å². The largest absolute Gasteiger partial charge is 0.496 e. The molecule has 0 aliphatic carbocycles. The number of thiocarbonyl (C=S) groups is 1. The molecule has 0 aliphatic heterocycles. The maximum Gasteiger partial charge on any atom is 0.250 e. The van der Waals surface area contributed by atoms with Gasteiger partial charge in [-0.2, -0.15) is 0 Å². The van der Waals surface area contributed by atoms with Crippen molar-refractivity contribution in [2.75, 3.05) is 25.6 Å². The van der Waals surface area contributed by atoms with E-state index in [9.17, 15) is 4.79 Å². The number of anilines is 1. The van der Waals surface area contributed by atoms with Crippen molar-refractivity contribution >= 4 is 35.0 Å². The maximum absolute atomic E-state index is 12.1. The highest BCUT2D eigenvalue weighted by atomic mass is 32.1. The lowest BCUT2D eigenvalue weighted by atomic mass is 10.2. The number of nitrogens with one attached hydrogen (secondary N) is 2. The summed E-state index contributed by atoms with van der Waals surface area (Å²) in [5.74, 6) is 1.86. The number of benzene rings is 3. The number of amides is 1. The first-order chi connectivity index (χ1) is 15.6. The predicted molar refractivity (Wildman–Crippen MR) is 130 cm³/mol. The topological polar surface area (TPSA) is 68.8 Å². The van der Waals surface area contributed by atoms with Gasteiger partial charge in [-0.05, 0) is 60.8 Å². The van der Waals surface area contributed by atoms with E-state index in [2.05, 4.69) is 10.6 Å². The first-order valence-corrected chi connectivity index (χ1v) is 10.4. The van der Waals surface area contributed by atoms with Gasteiger partial charge in [0.1, 0.15) is 30.5 Å². The average Bonchev–Trinajstić information content (AvgIpc) is 2.82. The van der Waals surface area contributed by atoms with E-state index >= 15 is 0 Å². The van der Waals surface area contributed by atoms with Crippen LogP contribution in [0.3, 0.4) is 0 Å². The first kappa shape index (κ1) is 22.8. The van der Waals surface area contributed by atoms with Gasteiger partial charge in [0, 0.05) is 17.3 Å². The van der Waals surface area contributed by atoms with E-state index in [-0.39, 0.29) is 11.0 Å². The van der Waals surface area contributed by atoms with E-state index in [0.717, 1.165) is 17.0 Å². The number of ether oxygens (including phenoxy) is 3. The SMILES string of the molecule is COc1ccccc1C=CC(=O)NC(=S)Nc1ccc(OCCOc2ccccc2)cc1. The molecule has 3 aromatic rings. The van der Waals surface area contributed by atoms with Crippen molar-refractivity contribution in [1.29, 1.82) is 0 Å². The first-order valence-electron chi connectivity index (χ1n) is 9.98. The van der Waals surface area contributed by atoms with Crippen LogP contribution < -0.4 is 24.8 Å². The quantitative estimate of drug-likeness (QED) is 0.281. The summed E-state index contributed by atoms with van der Waals surface area (Å²) in [5, 5.41) is 5.78. The van der Waals surface area contributed by atoms with Crippen molar-refractivity contribution in [1.82, 2.24) is 5.32 Å². The van der Waals surface area contributed by atoms with Crippen molar-refractivity contribution in [3.8, 4) is 17.2 Å². The smallest absolute Gasteiger partial charge is 0.250 e. The third-order valence-electron chi connectivity index (χ3n) is 4.27. The van der Waals surface area contributed by atoms with Gasteiger partial charge in [0.05, 0.1) is 7.11 Å². The van der Waals surface area contributed by atoms with Crippen molar-refractivity contribution in [3.05, 3.63) is 90.5 Å². The van der Waals surface area contributed by atoms with Crippen molar-refractivity contribution in [2.45, 2.75) is 0 Å². The Hall–Kier alpha value is -3.84. The number of hydrogen-bond donors (Lipinski definition) is 2. The van der Waals surface area contributed by atoms with Crippen LogP contribution in [0.4, 0.5) is 5.69 Å². The van der Waals surface area contributed by atoms with Crippen LogP contribution in [-0.2, 0) is 4.79 Å². The van der Waals surface area contributed by atoms with Gasteiger partial charge in [0.25, 0.3) is 0 Å². The summed E-state index contributed by atoms with van der Waals surface area (Å²) in [6.07, 6.45) is 3.07. The Labute approximate surface area is 192 Å². The summed E-state index contributed by atoms with van der Waals surface area (Å²) in [6.45, 7) is 0.872. The molecule has 7 heteroatoms. The minimum absolute atomic E-state index is 0.199. The second-order valence-electron chi connectivity index (χ2n) is 6.55. The molecule has 3 aromatic carbocycles. The molecule has 0 saturated heterocycles. The molecular weight excluding hydrogens is 424 g/mol.